The predicted molar refractivity (Wildman–Crippen MR) is 104 cm³/mol. The van der Waals surface area contributed by atoms with Crippen LogP contribution in [0.5, 0.6) is 0 Å². The Morgan fingerprint density at radius 1 is 1.26 bits per heavy atom. The van der Waals surface area contributed by atoms with Crippen molar-refractivity contribution in [3.63, 3.8) is 0 Å². The van der Waals surface area contributed by atoms with Crippen LogP contribution in [0.25, 0.3) is 16.0 Å². The summed E-state index contributed by atoms with van der Waals surface area (Å²) in [5.41, 5.74) is 2.00. The van der Waals surface area contributed by atoms with Crippen molar-refractivity contribution in [3.8, 4) is 0 Å². The van der Waals surface area contributed by atoms with Gasteiger partial charge in [0.05, 0.1) is 17.6 Å². The zero-order valence-corrected chi connectivity index (χ0v) is 15.8. The predicted octanol–water partition coefficient (Wildman–Crippen LogP) is 3.17. The molecule has 8 nitrogen and oxygen atoms in total. The maximum Gasteiger partial charge on any atom is 0.338 e. The first-order valence-corrected chi connectivity index (χ1v) is 9.22. The molecule has 1 aromatic carbocycles. The van der Waals surface area contributed by atoms with Crippen LogP contribution >= 0.6 is 11.3 Å². The maximum absolute atomic E-state index is 12.4. The number of ether oxygens (including phenoxy) is 1. The molecule has 3 heterocycles. The molecule has 4 aromatic rings. The van der Waals surface area contributed by atoms with E-state index in [1.165, 1.54) is 11.3 Å². The van der Waals surface area contributed by atoms with Crippen LogP contribution < -0.4 is 10.9 Å². The fourth-order valence-electron chi connectivity index (χ4n) is 2.87. The van der Waals surface area contributed by atoms with Crippen LogP contribution in [0.2, 0.25) is 0 Å². The van der Waals surface area contributed by atoms with E-state index in [-0.39, 0.29) is 11.5 Å². The minimum absolute atomic E-state index is 0.169. The van der Waals surface area contributed by atoms with Gasteiger partial charge < -0.3 is 10.1 Å². The Hall–Kier alpha value is -3.20. The van der Waals surface area contributed by atoms with Gasteiger partial charge in [0, 0.05) is 10.6 Å². The third kappa shape index (κ3) is 2.85. The molecule has 27 heavy (non-hydrogen) atoms. The fourth-order valence-corrected chi connectivity index (χ4v) is 4.03. The van der Waals surface area contributed by atoms with Gasteiger partial charge in [0.15, 0.2) is 0 Å². The Morgan fingerprint density at radius 2 is 2.00 bits per heavy atom. The Balaban J connectivity index is 1.76. The summed E-state index contributed by atoms with van der Waals surface area (Å²) in [6, 6.07) is 6.89. The van der Waals surface area contributed by atoms with Gasteiger partial charge in [0.1, 0.15) is 4.83 Å². The molecule has 0 aliphatic rings. The van der Waals surface area contributed by atoms with Crippen molar-refractivity contribution in [2.24, 2.45) is 0 Å². The van der Waals surface area contributed by atoms with Crippen molar-refractivity contribution in [3.05, 3.63) is 50.6 Å². The molecule has 0 amide bonds. The number of thiophene rings is 1. The Kier molecular flexibility index (Phi) is 4.15. The van der Waals surface area contributed by atoms with E-state index in [1.54, 1.807) is 35.6 Å². The van der Waals surface area contributed by atoms with E-state index in [0.717, 1.165) is 21.0 Å². The molecule has 2 N–H and O–H groups in total. The number of aromatic nitrogens is 4. The molecule has 0 aliphatic carbocycles. The van der Waals surface area contributed by atoms with Gasteiger partial charge in [-0.15, -0.1) is 21.5 Å². The number of H-pyrrole nitrogens is 1. The van der Waals surface area contributed by atoms with Crippen LogP contribution in [0, 0.1) is 13.8 Å². The van der Waals surface area contributed by atoms with Gasteiger partial charge in [-0.05, 0) is 50.6 Å². The summed E-state index contributed by atoms with van der Waals surface area (Å²) >= 11 is 1.53. The summed E-state index contributed by atoms with van der Waals surface area (Å²) in [6.07, 6.45) is 0. The van der Waals surface area contributed by atoms with Crippen molar-refractivity contribution in [2.45, 2.75) is 20.8 Å². The molecule has 3 aromatic heterocycles. The topological polar surface area (TPSA) is 101 Å². The van der Waals surface area contributed by atoms with E-state index >= 15 is 0 Å². The van der Waals surface area contributed by atoms with Crippen molar-refractivity contribution >= 4 is 44.9 Å². The third-order valence-electron chi connectivity index (χ3n) is 4.34. The molecular weight excluding hydrogens is 366 g/mol. The van der Waals surface area contributed by atoms with Gasteiger partial charge in [-0.2, -0.15) is 0 Å². The third-order valence-corrected chi connectivity index (χ3v) is 5.53. The number of benzene rings is 1. The number of carbonyl (C=O) groups is 1. The van der Waals surface area contributed by atoms with Gasteiger partial charge in [0.2, 0.25) is 11.7 Å². The minimum Gasteiger partial charge on any atom is -0.462 e. The zero-order chi connectivity index (χ0) is 19.1. The molecule has 0 aliphatic heterocycles. The first-order chi connectivity index (χ1) is 13.0. The molecule has 0 unspecified atom stereocenters. The van der Waals surface area contributed by atoms with Crippen molar-refractivity contribution in [2.75, 3.05) is 11.9 Å². The summed E-state index contributed by atoms with van der Waals surface area (Å²) in [7, 11) is 0. The SMILES string of the molecule is CCOC(=O)c1ccc(Nc2nnc3[nH]c(=O)c4c(C)c(C)sc4n23)cc1. The molecule has 0 atom stereocenters. The smallest absolute Gasteiger partial charge is 0.338 e. The van der Waals surface area contributed by atoms with E-state index in [0.29, 0.717) is 29.3 Å². The lowest BCUT2D eigenvalue weighted by molar-refractivity contribution is 0.0526. The summed E-state index contributed by atoms with van der Waals surface area (Å²) < 4.78 is 6.78. The number of anilines is 2. The van der Waals surface area contributed by atoms with Gasteiger partial charge in [-0.3, -0.25) is 9.78 Å². The summed E-state index contributed by atoms with van der Waals surface area (Å²) in [6.45, 7) is 6.01. The Morgan fingerprint density at radius 3 is 2.70 bits per heavy atom. The Labute approximate surface area is 157 Å². The van der Waals surface area contributed by atoms with Crippen molar-refractivity contribution < 1.29 is 9.53 Å². The summed E-state index contributed by atoms with van der Waals surface area (Å²) in [4.78, 5) is 28.7. The summed E-state index contributed by atoms with van der Waals surface area (Å²) in [5.74, 6) is 0.497. The number of nitrogens with one attached hydrogen (secondary N) is 2. The molecule has 0 radical (unpaired) electrons. The Bertz CT molecular complexity index is 1220. The number of carbonyl (C=O) groups excluding carboxylic acids is 1. The van der Waals surface area contributed by atoms with E-state index in [2.05, 4.69) is 20.5 Å². The molecule has 0 saturated heterocycles. The number of esters is 1. The number of rotatable bonds is 4. The number of aryl methyl sites for hydroxylation is 2. The van der Waals surface area contributed by atoms with Crippen LogP contribution in [-0.4, -0.2) is 32.2 Å². The molecular formula is C18H17N5O3S. The molecule has 0 saturated carbocycles. The highest BCUT2D eigenvalue weighted by molar-refractivity contribution is 7.18. The van der Waals surface area contributed by atoms with Gasteiger partial charge >= 0.3 is 5.97 Å². The molecule has 0 spiro atoms. The molecule has 9 heteroatoms. The lowest BCUT2D eigenvalue weighted by Gasteiger charge is -2.06. The number of nitrogens with zero attached hydrogens (tertiary/aromatic N) is 3. The van der Waals surface area contributed by atoms with Crippen LogP contribution in [0.15, 0.2) is 29.1 Å². The zero-order valence-electron chi connectivity index (χ0n) is 15.0. The molecule has 0 fully saturated rings. The lowest BCUT2D eigenvalue weighted by atomic mass is 10.2. The number of hydrogen-bond acceptors (Lipinski definition) is 7. The van der Waals surface area contributed by atoms with E-state index in [9.17, 15) is 9.59 Å². The van der Waals surface area contributed by atoms with Gasteiger partial charge in [-0.1, -0.05) is 0 Å². The lowest BCUT2D eigenvalue weighted by Crippen LogP contribution is -2.10. The standard InChI is InChI=1S/C18H17N5O3S/c1-4-26-16(25)11-5-7-12(8-6-11)19-17-21-22-18-20-14(24)13-9(2)10(3)27-15(13)23(17)18/h5-8H,4H2,1-3H3,(H,19,21)(H,20,22,24). The number of hydrogen-bond donors (Lipinski definition) is 2. The fraction of sp³-hybridized carbons (Fsp3) is 0.222. The van der Waals surface area contributed by atoms with Gasteiger partial charge in [-0.25, -0.2) is 9.20 Å². The highest BCUT2D eigenvalue weighted by Gasteiger charge is 2.17. The quantitative estimate of drug-likeness (QED) is 0.525. The number of fused-ring (bicyclic) bond motifs is 3. The first kappa shape index (κ1) is 17.2. The highest BCUT2D eigenvalue weighted by atomic mass is 32.1. The molecule has 0 bridgehead atoms. The first-order valence-electron chi connectivity index (χ1n) is 8.41. The van der Waals surface area contributed by atoms with Crippen molar-refractivity contribution in [1.82, 2.24) is 19.6 Å². The minimum atomic E-state index is -0.360. The van der Waals surface area contributed by atoms with Crippen LogP contribution in [0.4, 0.5) is 11.6 Å². The van der Waals surface area contributed by atoms with E-state index < -0.39 is 0 Å². The van der Waals surface area contributed by atoms with Crippen LogP contribution in [0.3, 0.4) is 0 Å². The number of aromatic amines is 1. The maximum atomic E-state index is 12.4. The molecule has 4 rings (SSSR count). The second-order valence-corrected chi connectivity index (χ2v) is 7.23. The summed E-state index contributed by atoms with van der Waals surface area (Å²) in [5, 5.41) is 12.0. The monoisotopic (exact) mass is 383 g/mol. The van der Waals surface area contributed by atoms with E-state index in [1.807, 2.05) is 13.8 Å². The average molecular weight is 383 g/mol. The van der Waals surface area contributed by atoms with E-state index in [4.69, 9.17) is 4.74 Å². The second-order valence-electron chi connectivity index (χ2n) is 6.02. The van der Waals surface area contributed by atoms with Crippen LogP contribution in [-0.2, 0) is 4.74 Å². The van der Waals surface area contributed by atoms with Crippen molar-refractivity contribution in [1.29, 1.82) is 0 Å². The second kappa shape index (κ2) is 6.51. The average Bonchev–Trinajstić information content (AvgIpc) is 3.17. The molecule has 138 valence electrons. The van der Waals surface area contributed by atoms with Crippen LogP contribution in [0.1, 0.15) is 27.7 Å². The normalized spacial score (nSPS) is 11.2. The van der Waals surface area contributed by atoms with Gasteiger partial charge in [0.25, 0.3) is 5.56 Å². The largest absolute Gasteiger partial charge is 0.462 e. The highest BCUT2D eigenvalue weighted by Crippen LogP contribution is 2.29.